The summed E-state index contributed by atoms with van der Waals surface area (Å²) in [5, 5.41) is 8.38. The zero-order valence-corrected chi connectivity index (χ0v) is 12.1. The Bertz CT molecular complexity index is 636. The number of carbonyl (C=O) groups excluding carboxylic acids is 1. The summed E-state index contributed by atoms with van der Waals surface area (Å²) in [5.41, 5.74) is 1.04. The standard InChI is InChI=1S/C14H16N2O3S/c1-20(18,19)13-6-8-16(9-7-13)14(17)12-4-2-11(10-15)3-5-12/h2-5,13H,6-9H2,1H3. The first-order chi connectivity index (χ1) is 9.41. The van der Waals surface area contributed by atoms with E-state index in [1.165, 1.54) is 6.26 Å². The fourth-order valence-electron chi connectivity index (χ4n) is 2.36. The maximum atomic E-state index is 12.2. The molecule has 1 fully saturated rings. The number of nitrogens with zero attached hydrogens (tertiary/aromatic N) is 2. The third-order valence-corrected chi connectivity index (χ3v) is 5.28. The first-order valence-corrected chi connectivity index (χ1v) is 8.35. The Morgan fingerprint density at radius 1 is 1.25 bits per heavy atom. The van der Waals surface area contributed by atoms with Crippen LogP contribution in [0.5, 0.6) is 0 Å². The molecule has 5 nitrogen and oxygen atoms in total. The van der Waals surface area contributed by atoms with Crippen molar-refractivity contribution in [3.05, 3.63) is 35.4 Å². The van der Waals surface area contributed by atoms with E-state index in [-0.39, 0.29) is 11.2 Å². The first kappa shape index (κ1) is 14.5. The van der Waals surface area contributed by atoms with E-state index in [2.05, 4.69) is 0 Å². The number of likely N-dealkylation sites (tertiary alicyclic amines) is 1. The quantitative estimate of drug-likeness (QED) is 0.820. The fourth-order valence-corrected chi connectivity index (χ4v) is 3.42. The Kier molecular flexibility index (Phi) is 4.09. The van der Waals surface area contributed by atoms with Crippen molar-refractivity contribution in [3.8, 4) is 6.07 Å². The molecule has 20 heavy (non-hydrogen) atoms. The zero-order chi connectivity index (χ0) is 14.8. The second-order valence-corrected chi connectivity index (χ2v) is 7.34. The lowest BCUT2D eigenvalue weighted by molar-refractivity contribution is 0.0726. The van der Waals surface area contributed by atoms with Crippen LogP contribution in [0, 0.1) is 11.3 Å². The van der Waals surface area contributed by atoms with E-state index in [1.807, 2.05) is 6.07 Å². The topological polar surface area (TPSA) is 78.2 Å². The molecule has 0 spiro atoms. The second-order valence-electron chi connectivity index (χ2n) is 5.01. The number of carbonyl (C=O) groups is 1. The Labute approximate surface area is 118 Å². The molecule has 1 amide bonds. The molecule has 1 aromatic carbocycles. The number of hydrogen-bond donors (Lipinski definition) is 0. The van der Waals surface area contributed by atoms with Crippen molar-refractivity contribution in [1.29, 1.82) is 5.26 Å². The highest BCUT2D eigenvalue weighted by Gasteiger charge is 2.29. The maximum Gasteiger partial charge on any atom is 0.253 e. The molecular formula is C14H16N2O3S. The summed E-state index contributed by atoms with van der Waals surface area (Å²) in [7, 11) is -3.02. The van der Waals surface area contributed by atoms with Gasteiger partial charge in [0, 0.05) is 24.9 Å². The molecule has 106 valence electrons. The van der Waals surface area contributed by atoms with Gasteiger partial charge in [-0.3, -0.25) is 4.79 Å². The van der Waals surface area contributed by atoms with Crippen molar-refractivity contribution in [3.63, 3.8) is 0 Å². The van der Waals surface area contributed by atoms with Crippen molar-refractivity contribution in [2.45, 2.75) is 18.1 Å². The minimum absolute atomic E-state index is 0.110. The number of benzene rings is 1. The summed E-state index contributed by atoms with van der Waals surface area (Å²) >= 11 is 0. The van der Waals surface area contributed by atoms with Crippen molar-refractivity contribution in [2.75, 3.05) is 19.3 Å². The predicted octanol–water partition coefficient (Wildman–Crippen LogP) is 1.21. The lowest BCUT2D eigenvalue weighted by Gasteiger charge is -2.31. The Morgan fingerprint density at radius 2 is 1.80 bits per heavy atom. The monoisotopic (exact) mass is 292 g/mol. The fraction of sp³-hybridized carbons (Fsp3) is 0.429. The summed E-state index contributed by atoms with van der Waals surface area (Å²) < 4.78 is 22.9. The van der Waals surface area contributed by atoms with Crippen molar-refractivity contribution >= 4 is 15.7 Å². The largest absolute Gasteiger partial charge is 0.339 e. The van der Waals surface area contributed by atoms with E-state index in [9.17, 15) is 13.2 Å². The van der Waals surface area contributed by atoms with Gasteiger partial charge in [-0.25, -0.2) is 8.42 Å². The average molecular weight is 292 g/mol. The van der Waals surface area contributed by atoms with Crippen LogP contribution >= 0.6 is 0 Å². The van der Waals surface area contributed by atoms with E-state index >= 15 is 0 Å². The van der Waals surface area contributed by atoms with Crippen LogP contribution in [0.3, 0.4) is 0 Å². The molecule has 0 unspecified atom stereocenters. The van der Waals surface area contributed by atoms with Crippen LogP contribution in [0.25, 0.3) is 0 Å². The highest BCUT2D eigenvalue weighted by molar-refractivity contribution is 7.91. The van der Waals surface area contributed by atoms with Gasteiger partial charge in [-0.2, -0.15) is 5.26 Å². The van der Waals surface area contributed by atoms with Gasteiger partial charge in [-0.15, -0.1) is 0 Å². The van der Waals surface area contributed by atoms with Gasteiger partial charge < -0.3 is 4.90 Å². The molecule has 0 saturated carbocycles. The molecule has 1 heterocycles. The number of piperidine rings is 1. The maximum absolute atomic E-state index is 12.2. The van der Waals surface area contributed by atoms with Gasteiger partial charge in [-0.05, 0) is 37.1 Å². The predicted molar refractivity (Wildman–Crippen MR) is 74.9 cm³/mol. The Balaban J connectivity index is 2.03. The highest BCUT2D eigenvalue weighted by Crippen LogP contribution is 2.19. The van der Waals surface area contributed by atoms with Gasteiger partial charge >= 0.3 is 0 Å². The summed E-state index contributed by atoms with van der Waals surface area (Å²) in [4.78, 5) is 13.9. The SMILES string of the molecule is CS(=O)(=O)C1CCN(C(=O)c2ccc(C#N)cc2)CC1. The van der Waals surface area contributed by atoms with Crippen LogP contribution in [-0.4, -0.2) is 43.8 Å². The lowest BCUT2D eigenvalue weighted by Crippen LogP contribution is -2.42. The summed E-state index contributed by atoms with van der Waals surface area (Å²) in [6.45, 7) is 0.910. The molecule has 1 aliphatic heterocycles. The van der Waals surface area contributed by atoms with E-state index in [1.54, 1.807) is 29.2 Å². The molecule has 1 aliphatic rings. The number of amides is 1. The molecule has 0 radical (unpaired) electrons. The molecule has 1 saturated heterocycles. The molecular weight excluding hydrogens is 276 g/mol. The molecule has 0 bridgehead atoms. The summed E-state index contributed by atoms with van der Waals surface area (Å²) in [5.74, 6) is -0.110. The Hall–Kier alpha value is -1.87. The first-order valence-electron chi connectivity index (χ1n) is 6.40. The lowest BCUT2D eigenvalue weighted by atomic mass is 10.1. The van der Waals surface area contributed by atoms with Gasteiger partial charge in [0.05, 0.1) is 16.9 Å². The molecule has 2 rings (SSSR count). The third kappa shape index (κ3) is 3.17. The number of sulfone groups is 1. The molecule has 0 atom stereocenters. The second kappa shape index (κ2) is 5.63. The van der Waals surface area contributed by atoms with Crippen molar-refractivity contribution < 1.29 is 13.2 Å². The van der Waals surface area contributed by atoms with Gasteiger partial charge in [0.1, 0.15) is 9.84 Å². The van der Waals surface area contributed by atoms with Crippen LogP contribution in [0.4, 0.5) is 0 Å². The van der Waals surface area contributed by atoms with E-state index in [0.29, 0.717) is 37.1 Å². The van der Waals surface area contributed by atoms with Crippen LogP contribution in [0.1, 0.15) is 28.8 Å². The smallest absolute Gasteiger partial charge is 0.253 e. The number of hydrogen-bond acceptors (Lipinski definition) is 4. The van der Waals surface area contributed by atoms with Crippen LogP contribution < -0.4 is 0 Å². The number of nitriles is 1. The molecule has 6 heteroatoms. The van der Waals surface area contributed by atoms with E-state index in [4.69, 9.17) is 5.26 Å². The van der Waals surface area contributed by atoms with Crippen LogP contribution in [0.2, 0.25) is 0 Å². The summed E-state index contributed by atoms with van der Waals surface area (Å²) in [6, 6.07) is 8.48. The van der Waals surface area contributed by atoms with Gasteiger partial charge in [0.25, 0.3) is 5.91 Å². The highest BCUT2D eigenvalue weighted by atomic mass is 32.2. The minimum Gasteiger partial charge on any atom is -0.339 e. The van der Waals surface area contributed by atoms with Gasteiger partial charge in [-0.1, -0.05) is 0 Å². The molecule has 0 N–H and O–H groups in total. The number of rotatable bonds is 2. The van der Waals surface area contributed by atoms with Crippen LogP contribution in [0.15, 0.2) is 24.3 Å². The zero-order valence-electron chi connectivity index (χ0n) is 11.2. The minimum atomic E-state index is -3.02. The van der Waals surface area contributed by atoms with Crippen molar-refractivity contribution in [1.82, 2.24) is 4.90 Å². The molecule has 0 aliphatic carbocycles. The molecule has 0 aromatic heterocycles. The Morgan fingerprint density at radius 3 is 2.25 bits per heavy atom. The van der Waals surface area contributed by atoms with Crippen LogP contribution in [-0.2, 0) is 9.84 Å². The van der Waals surface area contributed by atoms with Gasteiger partial charge in [0.2, 0.25) is 0 Å². The molecule has 1 aromatic rings. The average Bonchev–Trinajstić information content (AvgIpc) is 2.46. The normalized spacial score (nSPS) is 16.7. The van der Waals surface area contributed by atoms with Crippen molar-refractivity contribution in [2.24, 2.45) is 0 Å². The van der Waals surface area contributed by atoms with Gasteiger partial charge in [0.15, 0.2) is 0 Å². The third-order valence-electron chi connectivity index (χ3n) is 3.60. The van der Waals surface area contributed by atoms with E-state index in [0.717, 1.165) is 0 Å². The summed E-state index contributed by atoms with van der Waals surface area (Å²) in [6.07, 6.45) is 2.22. The van der Waals surface area contributed by atoms with E-state index < -0.39 is 9.84 Å².